The van der Waals surface area contributed by atoms with E-state index in [1.54, 1.807) is 6.20 Å². The third-order valence-electron chi connectivity index (χ3n) is 2.82. The Labute approximate surface area is 106 Å². The largest absolute Gasteiger partial charge is 0.330 e. The summed E-state index contributed by atoms with van der Waals surface area (Å²) in [6.45, 7) is 0.707. The summed E-state index contributed by atoms with van der Waals surface area (Å²) in [6.07, 6.45) is 7.62. The quantitative estimate of drug-likeness (QED) is 0.886. The standard InChI is InChI=1S/C13H16ClN3/c14-12-5-3-11(4-6-12)13(2-1-7-15)17-9-8-16-10-17/h3-6,8-10,13H,1-2,7,15H2. The van der Waals surface area contributed by atoms with E-state index in [0.717, 1.165) is 17.9 Å². The van der Waals surface area contributed by atoms with Crippen LogP contribution in [0, 0.1) is 0 Å². The lowest BCUT2D eigenvalue weighted by Crippen LogP contribution is -2.11. The van der Waals surface area contributed by atoms with Crippen molar-refractivity contribution in [3.05, 3.63) is 53.6 Å². The van der Waals surface area contributed by atoms with Crippen LogP contribution in [0.3, 0.4) is 0 Å². The van der Waals surface area contributed by atoms with Crippen LogP contribution in [0.25, 0.3) is 0 Å². The molecule has 0 aliphatic rings. The normalized spacial score (nSPS) is 12.6. The van der Waals surface area contributed by atoms with Crippen LogP contribution in [-0.4, -0.2) is 16.1 Å². The lowest BCUT2D eigenvalue weighted by Gasteiger charge is -2.18. The fourth-order valence-corrected chi connectivity index (χ4v) is 2.06. The summed E-state index contributed by atoms with van der Waals surface area (Å²) in [5.74, 6) is 0. The first kappa shape index (κ1) is 12.1. The van der Waals surface area contributed by atoms with Crippen molar-refractivity contribution in [2.24, 2.45) is 5.73 Å². The predicted molar refractivity (Wildman–Crippen MR) is 70.1 cm³/mol. The summed E-state index contributed by atoms with van der Waals surface area (Å²) < 4.78 is 2.11. The molecule has 90 valence electrons. The number of halogens is 1. The highest BCUT2D eigenvalue weighted by atomic mass is 35.5. The molecule has 2 aromatic rings. The maximum atomic E-state index is 5.91. The van der Waals surface area contributed by atoms with Gasteiger partial charge in [-0.05, 0) is 37.1 Å². The Hall–Kier alpha value is -1.32. The second-order valence-electron chi connectivity index (χ2n) is 4.01. The molecule has 17 heavy (non-hydrogen) atoms. The summed E-state index contributed by atoms with van der Waals surface area (Å²) in [5, 5.41) is 0.761. The molecule has 0 spiro atoms. The van der Waals surface area contributed by atoms with Gasteiger partial charge in [-0.25, -0.2) is 4.98 Å². The van der Waals surface area contributed by atoms with Gasteiger partial charge in [0.15, 0.2) is 0 Å². The minimum Gasteiger partial charge on any atom is -0.330 e. The first-order chi connectivity index (χ1) is 8.31. The third kappa shape index (κ3) is 3.08. The van der Waals surface area contributed by atoms with Gasteiger partial charge < -0.3 is 10.3 Å². The fourth-order valence-electron chi connectivity index (χ4n) is 1.94. The van der Waals surface area contributed by atoms with Crippen LogP contribution in [0.5, 0.6) is 0 Å². The van der Waals surface area contributed by atoms with Crippen molar-refractivity contribution in [3.63, 3.8) is 0 Å². The molecular formula is C13H16ClN3. The molecule has 0 fully saturated rings. The van der Waals surface area contributed by atoms with Crippen LogP contribution < -0.4 is 5.73 Å². The van der Waals surface area contributed by atoms with E-state index in [2.05, 4.69) is 21.7 Å². The van der Waals surface area contributed by atoms with Crippen LogP contribution >= 0.6 is 11.6 Å². The van der Waals surface area contributed by atoms with Gasteiger partial charge in [0.2, 0.25) is 0 Å². The van der Waals surface area contributed by atoms with Gasteiger partial charge in [-0.15, -0.1) is 0 Å². The zero-order chi connectivity index (χ0) is 12.1. The Morgan fingerprint density at radius 1 is 1.29 bits per heavy atom. The molecule has 1 heterocycles. The van der Waals surface area contributed by atoms with E-state index in [1.165, 1.54) is 5.56 Å². The van der Waals surface area contributed by atoms with Gasteiger partial charge in [0, 0.05) is 17.4 Å². The highest BCUT2D eigenvalue weighted by Crippen LogP contribution is 2.24. The molecule has 0 aliphatic heterocycles. The van der Waals surface area contributed by atoms with Gasteiger partial charge >= 0.3 is 0 Å². The Bertz CT molecular complexity index is 436. The van der Waals surface area contributed by atoms with Crippen molar-refractivity contribution in [2.45, 2.75) is 18.9 Å². The van der Waals surface area contributed by atoms with Crippen LogP contribution in [0.1, 0.15) is 24.4 Å². The maximum Gasteiger partial charge on any atom is 0.0951 e. The SMILES string of the molecule is NCCCC(c1ccc(Cl)cc1)n1ccnc1. The molecule has 4 heteroatoms. The van der Waals surface area contributed by atoms with Crippen LogP contribution in [-0.2, 0) is 0 Å². The molecule has 1 atom stereocenters. The highest BCUT2D eigenvalue weighted by molar-refractivity contribution is 6.30. The number of hydrogen-bond acceptors (Lipinski definition) is 2. The smallest absolute Gasteiger partial charge is 0.0951 e. The average molecular weight is 250 g/mol. The van der Waals surface area contributed by atoms with Crippen molar-refractivity contribution in [1.29, 1.82) is 0 Å². The molecule has 1 aromatic heterocycles. The second-order valence-corrected chi connectivity index (χ2v) is 4.44. The molecule has 2 rings (SSSR count). The van der Waals surface area contributed by atoms with Gasteiger partial charge in [0.1, 0.15) is 0 Å². The first-order valence-corrected chi connectivity index (χ1v) is 6.12. The van der Waals surface area contributed by atoms with Crippen LogP contribution in [0.15, 0.2) is 43.0 Å². The summed E-state index contributed by atoms with van der Waals surface area (Å²) in [5.41, 5.74) is 6.82. The zero-order valence-corrected chi connectivity index (χ0v) is 10.3. The molecule has 0 bridgehead atoms. The minimum absolute atomic E-state index is 0.290. The van der Waals surface area contributed by atoms with Crippen molar-refractivity contribution in [1.82, 2.24) is 9.55 Å². The number of imidazole rings is 1. The van der Waals surface area contributed by atoms with Gasteiger partial charge in [-0.1, -0.05) is 23.7 Å². The number of aromatic nitrogens is 2. The number of benzene rings is 1. The molecular weight excluding hydrogens is 234 g/mol. The Morgan fingerprint density at radius 2 is 2.06 bits per heavy atom. The molecule has 3 nitrogen and oxygen atoms in total. The summed E-state index contributed by atoms with van der Waals surface area (Å²) in [6, 6.07) is 8.25. The highest BCUT2D eigenvalue weighted by Gasteiger charge is 2.12. The lowest BCUT2D eigenvalue weighted by molar-refractivity contribution is 0.523. The van der Waals surface area contributed by atoms with Gasteiger partial charge in [0.25, 0.3) is 0 Å². The number of nitrogens with two attached hydrogens (primary N) is 1. The van der Waals surface area contributed by atoms with Crippen LogP contribution in [0.2, 0.25) is 5.02 Å². The summed E-state index contributed by atoms with van der Waals surface area (Å²) >= 11 is 5.91. The summed E-state index contributed by atoms with van der Waals surface area (Å²) in [7, 11) is 0. The van der Waals surface area contributed by atoms with E-state index in [9.17, 15) is 0 Å². The van der Waals surface area contributed by atoms with E-state index >= 15 is 0 Å². The average Bonchev–Trinajstić information content (AvgIpc) is 2.85. The van der Waals surface area contributed by atoms with E-state index in [0.29, 0.717) is 12.6 Å². The molecule has 1 aromatic carbocycles. The van der Waals surface area contributed by atoms with Gasteiger partial charge in [-0.3, -0.25) is 0 Å². The molecule has 2 N–H and O–H groups in total. The molecule has 0 aliphatic carbocycles. The van der Waals surface area contributed by atoms with Crippen molar-refractivity contribution < 1.29 is 0 Å². The zero-order valence-electron chi connectivity index (χ0n) is 9.59. The molecule has 1 unspecified atom stereocenters. The molecule has 0 saturated heterocycles. The Morgan fingerprint density at radius 3 is 2.65 bits per heavy atom. The van der Waals surface area contributed by atoms with E-state index in [1.807, 2.05) is 24.7 Å². The Kier molecular flexibility index (Phi) is 4.18. The third-order valence-corrected chi connectivity index (χ3v) is 3.07. The molecule has 0 saturated carbocycles. The van der Waals surface area contributed by atoms with E-state index in [-0.39, 0.29) is 0 Å². The van der Waals surface area contributed by atoms with Crippen molar-refractivity contribution in [2.75, 3.05) is 6.54 Å². The summed E-state index contributed by atoms with van der Waals surface area (Å²) in [4.78, 5) is 4.10. The molecule has 0 amide bonds. The lowest BCUT2D eigenvalue weighted by atomic mass is 10.0. The van der Waals surface area contributed by atoms with E-state index < -0.39 is 0 Å². The fraction of sp³-hybridized carbons (Fsp3) is 0.308. The first-order valence-electron chi connectivity index (χ1n) is 5.74. The van der Waals surface area contributed by atoms with Gasteiger partial charge in [0.05, 0.1) is 12.4 Å². The predicted octanol–water partition coefficient (Wildman–Crippen LogP) is 2.86. The van der Waals surface area contributed by atoms with E-state index in [4.69, 9.17) is 17.3 Å². The van der Waals surface area contributed by atoms with Crippen LogP contribution in [0.4, 0.5) is 0 Å². The number of rotatable bonds is 5. The van der Waals surface area contributed by atoms with Crippen molar-refractivity contribution >= 4 is 11.6 Å². The minimum atomic E-state index is 0.290. The monoisotopic (exact) mass is 249 g/mol. The van der Waals surface area contributed by atoms with Gasteiger partial charge in [-0.2, -0.15) is 0 Å². The maximum absolute atomic E-state index is 5.91. The Balaban J connectivity index is 2.23. The second kappa shape index (κ2) is 5.84. The van der Waals surface area contributed by atoms with Crippen molar-refractivity contribution in [3.8, 4) is 0 Å². The topological polar surface area (TPSA) is 43.8 Å². The molecule has 0 radical (unpaired) electrons. The number of nitrogens with zero attached hydrogens (tertiary/aromatic N) is 2. The number of hydrogen-bond donors (Lipinski definition) is 1.